The third-order valence-corrected chi connectivity index (χ3v) is 4.50. The Morgan fingerprint density at radius 3 is 2.83 bits per heavy atom. The number of halogens is 2. The van der Waals surface area contributed by atoms with E-state index in [1.807, 2.05) is 0 Å². The van der Waals surface area contributed by atoms with Crippen LogP contribution in [0.5, 0.6) is 0 Å². The van der Waals surface area contributed by atoms with Crippen LogP contribution in [0.2, 0.25) is 0 Å². The summed E-state index contributed by atoms with van der Waals surface area (Å²) in [5, 5.41) is 12.0. The highest BCUT2D eigenvalue weighted by molar-refractivity contribution is 9.10. The lowest BCUT2D eigenvalue weighted by molar-refractivity contribution is 0.0922. The zero-order valence-corrected chi connectivity index (χ0v) is 14.5. The molecule has 5 nitrogen and oxygen atoms in total. The fourth-order valence-corrected chi connectivity index (χ4v) is 2.87. The molecule has 0 radical (unpaired) electrons. The van der Waals surface area contributed by atoms with Crippen molar-refractivity contribution in [2.45, 2.75) is 31.2 Å². The highest BCUT2D eigenvalue weighted by atomic mass is 79.9. The molecule has 7 heteroatoms. The van der Waals surface area contributed by atoms with Crippen molar-refractivity contribution in [3.63, 3.8) is 0 Å². The van der Waals surface area contributed by atoms with Gasteiger partial charge in [0.15, 0.2) is 0 Å². The van der Waals surface area contributed by atoms with Crippen LogP contribution in [-0.4, -0.2) is 27.6 Å². The predicted octanol–water partition coefficient (Wildman–Crippen LogP) is 3.11. The van der Waals surface area contributed by atoms with Crippen molar-refractivity contribution in [1.82, 2.24) is 15.3 Å². The molecule has 2 N–H and O–H groups in total. The molecule has 24 heavy (non-hydrogen) atoms. The van der Waals surface area contributed by atoms with Crippen LogP contribution in [0.4, 0.5) is 4.39 Å². The van der Waals surface area contributed by atoms with Gasteiger partial charge in [-0.1, -0.05) is 18.2 Å². The predicted molar refractivity (Wildman–Crippen MR) is 90.0 cm³/mol. The summed E-state index contributed by atoms with van der Waals surface area (Å²) in [6.07, 6.45) is 3.85. The molecule has 1 aliphatic carbocycles. The lowest BCUT2D eigenvalue weighted by Gasteiger charge is -2.19. The smallest absolute Gasteiger partial charge is 0.271 e. The zero-order chi connectivity index (χ0) is 17.1. The van der Waals surface area contributed by atoms with Gasteiger partial charge in [-0.3, -0.25) is 4.79 Å². The Morgan fingerprint density at radius 2 is 2.17 bits per heavy atom. The van der Waals surface area contributed by atoms with Crippen LogP contribution in [-0.2, 0) is 0 Å². The second-order valence-electron chi connectivity index (χ2n) is 5.76. The third kappa shape index (κ3) is 3.79. The highest BCUT2D eigenvalue weighted by Crippen LogP contribution is 2.38. The molecule has 1 aromatic carbocycles. The van der Waals surface area contributed by atoms with Crippen LogP contribution in [0.25, 0.3) is 0 Å². The summed E-state index contributed by atoms with van der Waals surface area (Å²) < 4.78 is 14.5. The molecule has 1 aromatic heterocycles. The van der Waals surface area contributed by atoms with E-state index in [-0.39, 0.29) is 18.7 Å². The largest absolute Gasteiger partial charge is 0.396 e. The van der Waals surface area contributed by atoms with E-state index in [2.05, 4.69) is 31.2 Å². The monoisotopic (exact) mass is 393 g/mol. The van der Waals surface area contributed by atoms with Gasteiger partial charge in [0.05, 0.1) is 10.5 Å². The molecule has 1 amide bonds. The number of benzene rings is 1. The number of carbonyl (C=O) groups is 1. The first-order valence-corrected chi connectivity index (χ1v) is 8.58. The number of carbonyl (C=O) groups excluding carboxylic acids is 1. The minimum Gasteiger partial charge on any atom is -0.396 e. The molecule has 126 valence electrons. The molecular weight excluding hydrogens is 377 g/mol. The van der Waals surface area contributed by atoms with Gasteiger partial charge in [0.25, 0.3) is 5.91 Å². The van der Waals surface area contributed by atoms with Crippen LogP contribution in [0.1, 0.15) is 53.1 Å². The minimum absolute atomic E-state index is 0.169. The molecular formula is C17H17BrFN3O2. The van der Waals surface area contributed by atoms with Crippen molar-refractivity contribution in [2.75, 3.05) is 6.61 Å². The van der Waals surface area contributed by atoms with E-state index < -0.39 is 17.8 Å². The number of nitrogens with one attached hydrogen (secondary N) is 1. The van der Waals surface area contributed by atoms with Gasteiger partial charge in [0, 0.05) is 24.3 Å². The van der Waals surface area contributed by atoms with Crippen molar-refractivity contribution >= 4 is 21.8 Å². The van der Waals surface area contributed by atoms with E-state index in [9.17, 15) is 14.3 Å². The molecule has 0 saturated heterocycles. The summed E-state index contributed by atoms with van der Waals surface area (Å²) in [6.45, 7) is -0.169. The zero-order valence-electron chi connectivity index (χ0n) is 12.9. The van der Waals surface area contributed by atoms with Crippen LogP contribution >= 0.6 is 15.9 Å². The van der Waals surface area contributed by atoms with Gasteiger partial charge in [-0.2, -0.15) is 0 Å². The third-order valence-electron chi connectivity index (χ3n) is 3.92. The van der Waals surface area contributed by atoms with E-state index in [4.69, 9.17) is 0 Å². The molecule has 1 saturated carbocycles. The first-order chi connectivity index (χ1) is 11.6. The number of aliphatic hydroxyl groups is 1. The van der Waals surface area contributed by atoms with Crippen molar-refractivity contribution in [2.24, 2.45) is 0 Å². The maximum Gasteiger partial charge on any atom is 0.271 e. The summed E-state index contributed by atoms with van der Waals surface area (Å²) in [6, 6.07) is 5.58. The Labute approximate surface area is 147 Å². The number of aliphatic hydroxyl groups excluding tert-OH is 1. The first kappa shape index (κ1) is 17.0. The highest BCUT2D eigenvalue weighted by Gasteiger charge is 2.28. The van der Waals surface area contributed by atoms with E-state index >= 15 is 0 Å². The maximum absolute atomic E-state index is 14.0. The van der Waals surface area contributed by atoms with Gasteiger partial charge in [0.2, 0.25) is 0 Å². The normalized spacial score (nSPS) is 15.1. The molecule has 1 atom stereocenters. The number of hydrogen-bond acceptors (Lipinski definition) is 4. The van der Waals surface area contributed by atoms with E-state index in [0.717, 1.165) is 12.8 Å². The van der Waals surface area contributed by atoms with E-state index in [0.29, 0.717) is 21.8 Å². The summed E-state index contributed by atoms with van der Waals surface area (Å²) >= 11 is 3.29. The summed E-state index contributed by atoms with van der Waals surface area (Å²) in [5.74, 6) is 0.141. The molecule has 3 rings (SSSR count). The number of nitrogens with zero attached hydrogens (tertiary/aromatic N) is 2. The van der Waals surface area contributed by atoms with E-state index in [1.165, 1.54) is 6.07 Å². The Morgan fingerprint density at radius 1 is 1.42 bits per heavy atom. The maximum atomic E-state index is 14.0. The van der Waals surface area contributed by atoms with Gasteiger partial charge in [0.1, 0.15) is 17.3 Å². The number of hydrogen-bond donors (Lipinski definition) is 2. The fraction of sp³-hybridized carbons (Fsp3) is 0.353. The average molecular weight is 394 g/mol. The number of rotatable bonds is 6. The summed E-state index contributed by atoms with van der Waals surface area (Å²) in [4.78, 5) is 21.2. The molecule has 1 unspecified atom stereocenters. The molecule has 2 aromatic rings. The van der Waals surface area contributed by atoms with Gasteiger partial charge in [-0.05, 0) is 41.3 Å². The molecule has 0 aliphatic heterocycles. The van der Waals surface area contributed by atoms with Gasteiger partial charge < -0.3 is 10.4 Å². The second kappa shape index (κ2) is 7.36. The average Bonchev–Trinajstić information content (AvgIpc) is 3.40. The van der Waals surface area contributed by atoms with Gasteiger partial charge in [-0.25, -0.2) is 14.4 Å². The standard InChI is InChI=1S/C17H17BrFN3O2/c18-12-9-20-16(10-5-6-10)22-15(12)17(24)21-14(7-8-23)11-3-1-2-4-13(11)19/h1-4,9-10,14,23H,5-8H2,(H,21,24). The quantitative estimate of drug-likeness (QED) is 0.790. The summed E-state index contributed by atoms with van der Waals surface area (Å²) in [7, 11) is 0. The Bertz CT molecular complexity index is 752. The van der Waals surface area contributed by atoms with Crippen molar-refractivity contribution < 1.29 is 14.3 Å². The number of amides is 1. The Hall–Kier alpha value is -1.86. The van der Waals surface area contributed by atoms with Gasteiger partial charge in [-0.15, -0.1) is 0 Å². The van der Waals surface area contributed by atoms with Crippen LogP contribution in [0.3, 0.4) is 0 Å². The lowest BCUT2D eigenvalue weighted by atomic mass is 10.0. The van der Waals surface area contributed by atoms with Crippen LogP contribution < -0.4 is 5.32 Å². The minimum atomic E-state index is -0.630. The molecule has 0 spiro atoms. The number of aromatic nitrogens is 2. The second-order valence-corrected chi connectivity index (χ2v) is 6.61. The lowest BCUT2D eigenvalue weighted by Crippen LogP contribution is -2.31. The molecule has 0 bridgehead atoms. The van der Waals surface area contributed by atoms with E-state index in [1.54, 1.807) is 24.4 Å². The fourth-order valence-electron chi connectivity index (χ4n) is 2.50. The molecule has 1 heterocycles. The molecule has 1 fully saturated rings. The Balaban J connectivity index is 1.83. The van der Waals surface area contributed by atoms with Crippen LogP contribution in [0, 0.1) is 5.82 Å². The van der Waals surface area contributed by atoms with Gasteiger partial charge >= 0.3 is 0 Å². The van der Waals surface area contributed by atoms with Crippen molar-refractivity contribution in [1.29, 1.82) is 0 Å². The first-order valence-electron chi connectivity index (χ1n) is 7.78. The van der Waals surface area contributed by atoms with Crippen molar-refractivity contribution in [3.05, 3.63) is 57.8 Å². The molecule has 1 aliphatic rings. The Kier molecular flexibility index (Phi) is 5.20. The topological polar surface area (TPSA) is 75.1 Å². The summed E-state index contributed by atoms with van der Waals surface area (Å²) in [5.41, 5.74) is 0.568. The van der Waals surface area contributed by atoms with Crippen molar-refractivity contribution in [3.8, 4) is 0 Å². The SMILES string of the molecule is O=C(NC(CCO)c1ccccc1F)c1nc(C2CC2)ncc1Br. The van der Waals surface area contributed by atoms with Crippen LogP contribution in [0.15, 0.2) is 34.9 Å².